The number of nitrogens with one attached hydrogen (secondary N) is 1. The molecular formula is C12H25N3OS. The Balaban J connectivity index is 2.40. The molecule has 0 amide bonds. The van der Waals surface area contributed by atoms with E-state index in [1.54, 1.807) is 0 Å². The molecule has 0 aromatic heterocycles. The van der Waals surface area contributed by atoms with Gasteiger partial charge in [-0.2, -0.15) is 11.8 Å². The number of aliphatic hydroxyl groups excluding tert-OH is 1. The molecule has 0 radical (unpaired) electrons. The molecule has 1 aliphatic rings. The number of thioether (sulfide) groups is 1. The van der Waals surface area contributed by atoms with Crippen molar-refractivity contribution >= 4 is 17.7 Å². The lowest BCUT2D eigenvalue weighted by atomic mass is 10.1. The van der Waals surface area contributed by atoms with E-state index in [1.807, 2.05) is 11.8 Å². The molecule has 0 aliphatic carbocycles. The summed E-state index contributed by atoms with van der Waals surface area (Å²) < 4.78 is 0. The zero-order chi connectivity index (χ0) is 12.5. The van der Waals surface area contributed by atoms with Crippen molar-refractivity contribution in [3.05, 3.63) is 0 Å². The Morgan fingerprint density at radius 2 is 2.18 bits per heavy atom. The van der Waals surface area contributed by atoms with Crippen LogP contribution in [0, 0.1) is 0 Å². The van der Waals surface area contributed by atoms with Crippen molar-refractivity contribution in [1.29, 1.82) is 0 Å². The molecule has 2 N–H and O–H groups in total. The van der Waals surface area contributed by atoms with E-state index in [4.69, 9.17) is 0 Å². The summed E-state index contributed by atoms with van der Waals surface area (Å²) in [4.78, 5) is 6.90. The Morgan fingerprint density at radius 3 is 2.76 bits per heavy atom. The first-order valence-corrected chi connectivity index (χ1v) is 7.87. The maximum atomic E-state index is 9.49. The van der Waals surface area contributed by atoms with Crippen molar-refractivity contribution in [3.63, 3.8) is 0 Å². The van der Waals surface area contributed by atoms with Crippen molar-refractivity contribution in [2.24, 2.45) is 4.99 Å². The van der Waals surface area contributed by atoms with Crippen molar-refractivity contribution in [2.75, 3.05) is 38.2 Å². The summed E-state index contributed by atoms with van der Waals surface area (Å²) in [6.45, 7) is 5.71. The summed E-state index contributed by atoms with van der Waals surface area (Å²) >= 11 is 1.87. The topological polar surface area (TPSA) is 47.9 Å². The fourth-order valence-electron chi connectivity index (χ4n) is 1.90. The summed E-state index contributed by atoms with van der Waals surface area (Å²) in [6, 6.07) is 0. The van der Waals surface area contributed by atoms with Gasteiger partial charge in [-0.05, 0) is 38.2 Å². The predicted molar refractivity (Wildman–Crippen MR) is 75.8 cm³/mol. The molecule has 1 rings (SSSR count). The number of aliphatic hydroxyl groups is 1. The van der Waals surface area contributed by atoms with E-state index in [0.717, 1.165) is 51.4 Å². The minimum Gasteiger partial charge on any atom is -0.393 e. The zero-order valence-electron chi connectivity index (χ0n) is 11.0. The minimum absolute atomic E-state index is 0.120. The van der Waals surface area contributed by atoms with E-state index >= 15 is 0 Å². The van der Waals surface area contributed by atoms with Gasteiger partial charge in [0.15, 0.2) is 5.96 Å². The van der Waals surface area contributed by atoms with Crippen LogP contribution in [0.4, 0.5) is 0 Å². The molecule has 5 heteroatoms. The molecular weight excluding hydrogens is 234 g/mol. The first-order valence-electron chi connectivity index (χ1n) is 6.48. The zero-order valence-corrected chi connectivity index (χ0v) is 11.8. The Kier molecular flexibility index (Phi) is 7.44. The monoisotopic (exact) mass is 259 g/mol. The second-order valence-electron chi connectivity index (χ2n) is 4.30. The average Bonchev–Trinajstić information content (AvgIpc) is 2.34. The average molecular weight is 259 g/mol. The van der Waals surface area contributed by atoms with Crippen LogP contribution >= 0.6 is 11.8 Å². The summed E-state index contributed by atoms with van der Waals surface area (Å²) in [6.07, 6.45) is 4.85. The molecule has 0 spiro atoms. The van der Waals surface area contributed by atoms with Crippen LogP contribution in [0.5, 0.6) is 0 Å². The largest absolute Gasteiger partial charge is 0.393 e. The fraction of sp³-hybridized carbons (Fsp3) is 0.917. The Bertz CT molecular complexity index is 228. The van der Waals surface area contributed by atoms with Crippen LogP contribution in [0.15, 0.2) is 4.99 Å². The van der Waals surface area contributed by atoms with E-state index in [9.17, 15) is 5.11 Å². The number of piperidine rings is 1. The first-order chi connectivity index (χ1) is 8.27. The number of guanidine groups is 1. The smallest absolute Gasteiger partial charge is 0.193 e. The quantitative estimate of drug-likeness (QED) is 0.442. The highest BCUT2D eigenvalue weighted by atomic mass is 32.2. The summed E-state index contributed by atoms with van der Waals surface area (Å²) in [5.41, 5.74) is 0. The molecule has 1 aliphatic heterocycles. The molecule has 1 saturated heterocycles. The van der Waals surface area contributed by atoms with Gasteiger partial charge >= 0.3 is 0 Å². The Morgan fingerprint density at radius 1 is 1.47 bits per heavy atom. The number of likely N-dealkylation sites (tertiary alicyclic amines) is 1. The van der Waals surface area contributed by atoms with Crippen LogP contribution < -0.4 is 5.32 Å². The lowest BCUT2D eigenvalue weighted by Gasteiger charge is -2.32. The first kappa shape index (κ1) is 14.6. The number of hydrogen-bond acceptors (Lipinski definition) is 3. The number of nitrogens with zero attached hydrogens (tertiary/aromatic N) is 2. The van der Waals surface area contributed by atoms with Crippen LogP contribution in [-0.4, -0.2) is 60.3 Å². The normalized spacial score (nSPS) is 18.5. The van der Waals surface area contributed by atoms with E-state index in [0.29, 0.717) is 0 Å². The molecule has 0 bridgehead atoms. The summed E-state index contributed by atoms with van der Waals surface area (Å²) in [5, 5.41) is 12.8. The lowest BCUT2D eigenvalue weighted by molar-refractivity contribution is 0.108. The van der Waals surface area contributed by atoms with Gasteiger partial charge < -0.3 is 15.3 Å². The molecule has 0 aromatic rings. The van der Waals surface area contributed by atoms with Gasteiger partial charge in [-0.15, -0.1) is 0 Å². The van der Waals surface area contributed by atoms with Gasteiger partial charge in [0.05, 0.1) is 6.10 Å². The highest BCUT2D eigenvalue weighted by Crippen LogP contribution is 2.10. The lowest BCUT2D eigenvalue weighted by Crippen LogP contribution is -2.46. The summed E-state index contributed by atoms with van der Waals surface area (Å²) in [7, 11) is 0. The Hall–Kier alpha value is -0.420. The van der Waals surface area contributed by atoms with Crippen molar-refractivity contribution < 1.29 is 5.11 Å². The second kappa shape index (κ2) is 8.64. The van der Waals surface area contributed by atoms with E-state index in [-0.39, 0.29) is 6.10 Å². The highest BCUT2D eigenvalue weighted by Gasteiger charge is 2.19. The van der Waals surface area contributed by atoms with Crippen LogP contribution in [0.25, 0.3) is 0 Å². The molecule has 0 aromatic carbocycles. The Labute approximate surface area is 109 Å². The molecule has 4 nitrogen and oxygen atoms in total. The van der Waals surface area contributed by atoms with Crippen molar-refractivity contribution in [2.45, 2.75) is 32.3 Å². The molecule has 0 saturated carbocycles. The van der Waals surface area contributed by atoms with E-state index in [1.165, 1.54) is 5.75 Å². The third kappa shape index (κ3) is 5.64. The standard InChI is InChI=1S/C12H25N3OS/c1-3-13-12(14-7-4-10-17-2)15-8-5-11(16)6-9-15/h11,16H,3-10H2,1-2H3,(H,13,14). The van der Waals surface area contributed by atoms with Gasteiger partial charge in [-0.25, -0.2) is 0 Å². The molecule has 1 fully saturated rings. The van der Waals surface area contributed by atoms with Crippen LogP contribution in [0.3, 0.4) is 0 Å². The number of hydrogen-bond donors (Lipinski definition) is 2. The predicted octanol–water partition coefficient (Wildman–Crippen LogP) is 1.16. The molecule has 17 heavy (non-hydrogen) atoms. The third-order valence-corrected chi connectivity index (χ3v) is 3.56. The van der Waals surface area contributed by atoms with E-state index < -0.39 is 0 Å². The molecule has 100 valence electrons. The van der Waals surface area contributed by atoms with Crippen molar-refractivity contribution in [3.8, 4) is 0 Å². The van der Waals surface area contributed by atoms with Gasteiger partial charge in [0.1, 0.15) is 0 Å². The van der Waals surface area contributed by atoms with Gasteiger partial charge in [0, 0.05) is 26.2 Å². The summed E-state index contributed by atoms with van der Waals surface area (Å²) in [5.74, 6) is 2.18. The SMILES string of the molecule is CCNC(=NCCCSC)N1CCC(O)CC1. The highest BCUT2D eigenvalue weighted by molar-refractivity contribution is 7.98. The number of aliphatic imine (C=N–C) groups is 1. The van der Waals surface area contributed by atoms with E-state index in [2.05, 4.69) is 28.4 Å². The third-order valence-electron chi connectivity index (χ3n) is 2.87. The molecule has 0 unspecified atom stereocenters. The second-order valence-corrected chi connectivity index (χ2v) is 5.29. The maximum absolute atomic E-state index is 9.49. The van der Waals surface area contributed by atoms with Gasteiger partial charge in [-0.3, -0.25) is 4.99 Å². The maximum Gasteiger partial charge on any atom is 0.193 e. The van der Waals surface area contributed by atoms with Crippen LogP contribution in [0.2, 0.25) is 0 Å². The number of rotatable bonds is 5. The molecule has 1 heterocycles. The molecule has 0 atom stereocenters. The van der Waals surface area contributed by atoms with Gasteiger partial charge in [-0.1, -0.05) is 0 Å². The van der Waals surface area contributed by atoms with Crippen LogP contribution in [0.1, 0.15) is 26.2 Å². The minimum atomic E-state index is -0.120. The van der Waals surface area contributed by atoms with Gasteiger partial charge in [0.25, 0.3) is 0 Å². The van der Waals surface area contributed by atoms with Crippen LogP contribution in [-0.2, 0) is 0 Å². The fourth-order valence-corrected chi connectivity index (χ4v) is 2.32. The van der Waals surface area contributed by atoms with Gasteiger partial charge in [0.2, 0.25) is 0 Å². The van der Waals surface area contributed by atoms with Crippen molar-refractivity contribution in [1.82, 2.24) is 10.2 Å².